The number of rotatable bonds is 3. The second kappa shape index (κ2) is 6.35. The van der Waals surface area contributed by atoms with Crippen LogP contribution in [0.2, 0.25) is 5.02 Å². The number of carbonyl (C=O) groups excluding carboxylic acids is 1. The molecule has 1 saturated heterocycles. The molecule has 1 heterocycles. The molecule has 0 aliphatic carbocycles. The third kappa shape index (κ3) is 3.45. The molecule has 1 aromatic carbocycles. The molecule has 1 aliphatic heterocycles. The first kappa shape index (κ1) is 14.3. The van der Waals surface area contributed by atoms with E-state index in [9.17, 15) is 9.18 Å². The van der Waals surface area contributed by atoms with Crippen LogP contribution in [0.15, 0.2) is 18.2 Å². The van der Waals surface area contributed by atoms with Crippen molar-refractivity contribution in [3.05, 3.63) is 34.6 Å². The number of nitrogens with zero attached hydrogens (tertiary/aromatic N) is 2. The molecule has 0 unspecified atom stereocenters. The van der Waals surface area contributed by atoms with Gasteiger partial charge in [0.2, 0.25) is 0 Å². The van der Waals surface area contributed by atoms with Gasteiger partial charge in [-0.3, -0.25) is 9.69 Å². The number of hydrogen-bond donors (Lipinski definition) is 0. The molecule has 1 aliphatic rings. The summed E-state index contributed by atoms with van der Waals surface area (Å²) in [6.45, 7) is 6.21. The number of benzene rings is 1. The molecule has 0 radical (unpaired) electrons. The van der Waals surface area contributed by atoms with Gasteiger partial charge in [0.1, 0.15) is 5.82 Å². The van der Waals surface area contributed by atoms with Crippen LogP contribution < -0.4 is 0 Å². The molecule has 19 heavy (non-hydrogen) atoms. The highest BCUT2D eigenvalue weighted by molar-refractivity contribution is 6.30. The van der Waals surface area contributed by atoms with Crippen molar-refractivity contribution < 1.29 is 9.18 Å². The van der Waals surface area contributed by atoms with Gasteiger partial charge in [0, 0.05) is 31.2 Å². The van der Waals surface area contributed by atoms with Crippen LogP contribution in [-0.2, 0) is 0 Å². The van der Waals surface area contributed by atoms with Gasteiger partial charge >= 0.3 is 0 Å². The summed E-state index contributed by atoms with van der Waals surface area (Å²) >= 11 is 5.69. The predicted molar refractivity (Wildman–Crippen MR) is 74.0 cm³/mol. The summed E-state index contributed by atoms with van der Waals surface area (Å²) in [4.78, 5) is 16.2. The molecule has 0 spiro atoms. The lowest BCUT2D eigenvalue weighted by molar-refractivity contribution is 0.0633. The first-order chi connectivity index (χ1) is 9.11. The fourth-order valence-corrected chi connectivity index (χ4v) is 2.48. The zero-order valence-electron chi connectivity index (χ0n) is 11.0. The topological polar surface area (TPSA) is 23.6 Å². The minimum absolute atomic E-state index is 0.105. The Morgan fingerprint density at radius 2 is 2.00 bits per heavy atom. The van der Waals surface area contributed by atoms with Gasteiger partial charge in [-0.2, -0.15) is 0 Å². The monoisotopic (exact) mass is 284 g/mol. The summed E-state index contributed by atoms with van der Waals surface area (Å²) < 4.78 is 13.7. The van der Waals surface area contributed by atoms with Crippen LogP contribution in [0.3, 0.4) is 0 Å². The Bertz CT molecular complexity index is 459. The van der Waals surface area contributed by atoms with Crippen molar-refractivity contribution in [2.75, 3.05) is 32.7 Å². The van der Waals surface area contributed by atoms with Crippen LogP contribution in [0.4, 0.5) is 4.39 Å². The zero-order valence-corrected chi connectivity index (χ0v) is 11.8. The summed E-state index contributed by atoms with van der Waals surface area (Å²) in [5.41, 5.74) is 0.105. The Kier molecular flexibility index (Phi) is 4.77. The molecular formula is C14H18ClFN2O. The van der Waals surface area contributed by atoms with Gasteiger partial charge in [-0.25, -0.2) is 4.39 Å². The van der Waals surface area contributed by atoms with Gasteiger partial charge in [0.15, 0.2) is 0 Å². The molecule has 1 amide bonds. The van der Waals surface area contributed by atoms with Crippen molar-refractivity contribution >= 4 is 17.5 Å². The summed E-state index contributed by atoms with van der Waals surface area (Å²) in [7, 11) is 0. The van der Waals surface area contributed by atoms with Gasteiger partial charge in [-0.05, 0) is 31.2 Å². The largest absolute Gasteiger partial charge is 0.336 e. The number of piperazine rings is 1. The smallest absolute Gasteiger partial charge is 0.256 e. The third-order valence-corrected chi connectivity index (χ3v) is 3.60. The summed E-state index contributed by atoms with van der Waals surface area (Å²) in [5, 5.41) is 0.307. The lowest BCUT2D eigenvalue weighted by Gasteiger charge is -2.34. The van der Waals surface area contributed by atoms with Crippen LogP contribution in [0.1, 0.15) is 23.7 Å². The van der Waals surface area contributed by atoms with E-state index in [0.717, 1.165) is 26.1 Å². The molecule has 3 nitrogen and oxygen atoms in total. The second-order valence-electron chi connectivity index (χ2n) is 4.76. The molecule has 1 aromatic rings. The van der Waals surface area contributed by atoms with Crippen LogP contribution in [0.25, 0.3) is 0 Å². The van der Waals surface area contributed by atoms with E-state index in [0.29, 0.717) is 18.1 Å². The maximum Gasteiger partial charge on any atom is 0.256 e. The van der Waals surface area contributed by atoms with E-state index < -0.39 is 5.82 Å². The number of halogens is 2. The maximum atomic E-state index is 13.7. The standard InChI is InChI=1S/C14H18ClFN2O/c1-2-5-17-6-8-18(9-7-17)14(19)12-4-3-11(15)10-13(12)16/h3-4,10H,2,5-9H2,1H3. The fraction of sp³-hybridized carbons (Fsp3) is 0.500. The molecule has 2 rings (SSSR count). The highest BCUT2D eigenvalue weighted by Crippen LogP contribution is 2.17. The second-order valence-corrected chi connectivity index (χ2v) is 5.19. The lowest BCUT2D eigenvalue weighted by Crippen LogP contribution is -2.48. The van der Waals surface area contributed by atoms with Crippen LogP contribution in [0.5, 0.6) is 0 Å². The molecule has 0 atom stereocenters. The molecule has 1 fully saturated rings. The molecule has 0 aromatic heterocycles. The highest BCUT2D eigenvalue weighted by Gasteiger charge is 2.23. The van der Waals surface area contributed by atoms with Crippen LogP contribution in [-0.4, -0.2) is 48.4 Å². The first-order valence-electron chi connectivity index (χ1n) is 6.58. The molecule has 0 bridgehead atoms. The van der Waals surface area contributed by atoms with E-state index in [1.807, 2.05) is 0 Å². The maximum absolute atomic E-state index is 13.7. The molecular weight excluding hydrogens is 267 g/mol. The van der Waals surface area contributed by atoms with E-state index in [4.69, 9.17) is 11.6 Å². The summed E-state index contributed by atoms with van der Waals surface area (Å²) in [5.74, 6) is -0.793. The number of carbonyl (C=O) groups is 1. The third-order valence-electron chi connectivity index (χ3n) is 3.36. The highest BCUT2D eigenvalue weighted by atomic mass is 35.5. The zero-order chi connectivity index (χ0) is 13.8. The van der Waals surface area contributed by atoms with Gasteiger partial charge < -0.3 is 4.90 Å². The van der Waals surface area contributed by atoms with Gasteiger partial charge in [-0.15, -0.1) is 0 Å². The van der Waals surface area contributed by atoms with Gasteiger partial charge in [-0.1, -0.05) is 18.5 Å². The SMILES string of the molecule is CCCN1CCN(C(=O)c2ccc(Cl)cc2F)CC1. The first-order valence-corrected chi connectivity index (χ1v) is 6.96. The van der Waals surface area contributed by atoms with E-state index in [2.05, 4.69) is 11.8 Å². The van der Waals surface area contributed by atoms with Crippen molar-refractivity contribution in [2.45, 2.75) is 13.3 Å². The van der Waals surface area contributed by atoms with Crippen molar-refractivity contribution in [1.82, 2.24) is 9.80 Å². The normalized spacial score (nSPS) is 16.7. The lowest BCUT2D eigenvalue weighted by atomic mass is 10.1. The predicted octanol–water partition coefficient (Wildman–Crippen LogP) is 2.65. The Hall–Kier alpha value is -1.13. The van der Waals surface area contributed by atoms with E-state index in [1.165, 1.54) is 12.1 Å². The molecule has 0 N–H and O–H groups in total. The minimum atomic E-state index is -0.548. The minimum Gasteiger partial charge on any atom is -0.336 e. The Morgan fingerprint density at radius 1 is 1.32 bits per heavy atom. The van der Waals surface area contributed by atoms with E-state index >= 15 is 0 Å². The van der Waals surface area contributed by atoms with Gasteiger partial charge in [0.05, 0.1) is 5.56 Å². The van der Waals surface area contributed by atoms with Crippen LogP contribution in [0, 0.1) is 5.82 Å². The number of hydrogen-bond acceptors (Lipinski definition) is 2. The average molecular weight is 285 g/mol. The van der Waals surface area contributed by atoms with E-state index in [-0.39, 0.29) is 11.5 Å². The Morgan fingerprint density at radius 3 is 2.58 bits per heavy atom. The van der Waals surface area contributed by atoms with Crippen molar-refractivity contribution in [1.29, 1.82) is 0 Å². The summed E-state index contributed by atoms with van der Waals surface area (Å²) in [6, 6.07) is 4.19. The number of amides is 1. The van der Waals surface area contributed by atoms with Crippen molar-refractivity contribution in [2.24, 2.45) is 0 Å². The van der Waals surface area contributed by atoms with Gasteiger partial charge in [0.25, 0.3) is 5.91 Å². The van der Waals surface area contributed by atoms with Crippen molar-refractivity contribution in [3.63, 3.8) is 0 Å². The van der Waals surface area contributed by atoms with E-state index in [1.54, 1.807) is 11.0 Å². The molecule has 5 heteroatoms. The van der Waals surface area contributed by atoms with Crippen molar-refractivity contribution in [3.8, 4) is 0 Å². The Balaban J connectivity index is 2.01. The molecule has 104 valence electrons. The quantitative estimate of drug-likeness (QED) is 0.852. The molecule has 0 saturated carbocycles. The van der Waals surface area contributed by atoms with Crippen LogP contribution >= 0.6 is 11.6 Å². The Labute approximate surface area is 117 Å². The summed E-state index contributed by atoms with van der Waals surface area (Å²) in [6.07, 6.45) is 1.11. The average Bonchev–Trinajstić information content (AvgIpc) is 2.39. The fourth-order valence-electron chi connectivity index (χ4n) is 2.32.